The van der Waals surface area contributed by atoms with Gasteiger partial charge in [-0.3, -0.25) is 4.79 Å². The van der Waals surface area contributed by atoms with Crippen LogP contribution in [0.1, 0.15) is 17.3 Å². The van der Waals surface area contributed by atoms with E-state index in [9.17, 15) is 9.90 Å². The largest absolute Gasteiger partial charge is 0.435 e. The Morgan fingerprint density at radius 2 is 2.17 bits per heavy atom. The van der Waals surface area contributed by atoms with E-state index in [1.54, 1.807) is 18.2 Å². The average molecular weight is 247 g/mol. The van der Waals surface area contributed by atoms with Crippen molar-refractivity contribution in [3.05, 3.63) is 23.8 Å². The fourth-order valence-corrected chi connectivity index (χ4v) is 1.90. The quantitative estimate of drug-likeness (QED) is 0.497. The summed E-state index contributed by atoms with van der Waals surface area (Å²) in [7, 11) is 3.34. The van der Waals surface area contributed by atoms with Gasteiger partial charge in [0.15, 0.2) is 17.3 Å². The maximum atomic E-state index is 12.1. The SMILES string of the molecule is BCN[C@@H](C)C(=O)c1ccc2c(c1)OC(B)(O)O2. The highest BCUT2D eigenvalue weighted by molar-refractivity contribution is 6.13. The summed E-state index contributed by atoms with van der Waals surface area (Å²) in [5.41, 5.74) is 0.531. The van der Waals surface area contributed by atoms with E-state index >= 15 is 0 Å². The Bertz CT molecular complexity index is 478. The molecule has 2 atom stereocenters. The van der Waals surface area contributed by atoms with Gasteiger partial charge >= 0.3 is 5.87 Å². The highest BCUT2D eigenvalue weighted by Crippen LogP contribution is 2.37. The molecule has 1 aromatic carbocycles. The smallest absolute Gasteiger partial charge is 0.310 e. The lowest BCUT2D eigenvalue weighted by atomic mass is 10.0. The maximum Gasteiger partial charge on any atom is 0.310 e. The Kier molecular flexibility index (Phi) is 3.36. The van der Waals surface area contributed by atoms with Crippen molar-refractivity contribution in [1.29, 1.82) is 0 Å². The molecule has 0 spiro atoms. The van der Waals surface area contributed by atoms with Crippen LogP contribution >= 0.6 is 0 Å². The van der Waals surface area contributed by atoms with Crippen molar-refractivity contribution in [2.75, 3.05) is 6.44 Å². The third kappa shape index (κ3) is 2.52. The first-order valence-electron chi connectivity index (χ1n) is 5.95. The zero-order chi connectivity index (χ0) is 13.3. The molecule has 1 aliphatic rings. The molecule has 7 heteroatoms. The Hall–Kier alpha value is -1.46. The molecule has 1 aromatic rings. The second kappa shape index (κ2) is 4.66. The molecule has 0 radical (unpaired) electrons. The first kappa shape index (κ1) is 13.0. The summed E-state index contributed by atoms with van der Waals surface area (Å²) in [6.07, 6.45) is 0.728. The molecule has 0 aliphatic carbocycles. The number of benzene rings is 1. The molecule has 0 saturated carbocycles. The summed E-state index contributed by atoms with van der Waals surface area (Å²) in [5, 5.41) is 12.7. The van der Waals surface area contributed by atoms with Crippen molar-refractivity contribution in [3.8, 4) is 11.5 Å². The minimum atomic E-state index is -1.66. The zero-order valence-corrected chi connectivity index (χ0v) is 10.7. The van der Waals surface area contributed by atoms with Crippen LogP contribution in [0.25, 0.3) is 0 Å². The molecule has 0 saturated heterocycles. The van der Waals surface area contributed by atoms with Gasteiger partial charge in [0, 0.05) is 5.56 Å². The van der Waals surface area contributed by atoms with Crippen molar-refractivity contribution in [3.63, 3.8) is 0 Å². The molecule has 5 nitrogen and oxygen atoms in total. The van der Waals surface area contributed by atoms with Crippen LogP contribution in [0.15, 0.2) is 18.2 Å². The van der Waals surface area contributed by atoms with Crippen LogP contribution in [0.3, 0.4) is 0 Å². The Morgan fingerprint density at radius 1 is 1.50 bits per heavy atom. The highest BCUT2D eigenvalue weighted by atomic mass is 16.8. The Labute approximate surface area is 107 Å². The molecule has 2 N–H and O–H groups in total. The third-order valence-electron chi connectivity index (χ3n) is 2.73. The van der Waals surface area contributed by atoms with Gasteiger partial charge in [0.05, 0.1) is 6.04 Å². The predicted molar refractivity (Wildman–Crippen MR) is 71.5 cm³/mol. The van der Waals surface area contributed by atoms with Crippen molar-refractivity contribution >= 4 is 21.5 Å². The number of ether oxygens (including phenoxy) is 2. The van der Waals surface area contributed by atoms with Crippen LogP contribution in [0.5, 0.6) is 11.5 Å². The molecule has 1 heterocycles. The fourth-order valence-electron chi connectivity index (χ4n) is 1.90. The molecule has 0 fully saturated rings. The molecule has 0 amide bonds. The monoisotopic (exact) mass is 247 g/mol. The van der Waals surface area contributed by atoms with Crippen molar-refractivity contribution in [1.82, 2.24) is 5.32 Å². The van der Waals surface area contributed by atoms with Gasteiger partial charge < -0.3 is 19.9 Å². The molecule has 0 bridgehead atoms. The zero-order valence-electron chi connectivity index (χ0n) is 10.7. The lowest BCUT2D eigenvalue weighted by Crippen LogP contribution is -2.38. The second-order valence-electron chi connectivity index (χ2n) is 4.41. The molecule has 18 heavy (non-hydrogen) atoms. The third-order valence-corrected chi connectivity index (χ3v) is 2.73. The number of carbonyl (C=O) groups is 1. The van der Waals surface area contributed by atoms with E-state index in [1.807, 2.05) is 14.8 Å². The summed E-state index contributed by atoms with van der Waals surface area (Å²) >= 11 is 0. The summed E-state index contributed by atoms with van der Waals surface area (Å²) in [5.74, 6) is -0.853. The van der Waals surface area contributed by atoms with Crippen LogP contribution < -0.4 is 14.8 Å². The number of hydrogen-bond donors (Lipinski definition) is 2. The van der Waals surface area contributed by atoms with E-state index in [0.717, 1.165) is 6.44 Å². The number of Topliss-reactive ketones (excluding diaryl/α,β-unsaturated/α-hetero) is 1. The molecule has 0 aromatic heterocycles. The van der Waals surface area contributed by atoms with Gasteiger partial charge in [-0.25, -0.2) is 0 Å². The van der Waals surface area contributed by atoms with Crippen LogP contribution in [0.2, 0.25) is 0 Å². The van der Waals surface area contributed by atoms with E-state index in [-0.39, 0.29) is 11.8 Å². The predicted octanol–water partition coefficient (Wildman–Crippen LogP) is -1.55. The molecule has 1 aliphatic heterocycles. The molecule has 94 valence electrons. The van der Waals surface area contributed by atoms with E-state index in [4.69, 9.17) is 9.47 Å². The van der Waals surface area contributed by atoms with E-state index in [2.05, 4.69) is 5.32 Å². The van der Waals surface area contributed by atoms with Gasteiger partial charge in [0.1, 0.15) is 7.85 Å². The van der Waals surface area contributed by atoms with E-state index in [1.165, 1.54) is 7.85 Å². The van der Waals surface area contributed by atoms with Crippen LogP contribution in [-0.4, -0.2) is 44.9 Å². The summed E-state index contributed by atoms with van der Waals surface area (Å²) in [6.45, 7) is 1.81. The molecule has 1 unspecified atom stereocenters. The summed E-state index contributed by atoms with van der Waals surface area (Å²) in [4.78, 5) is 12.1. The number of ketones is 1. The lowest BCUT2D eigenvalue weighted by Gasteiger charge is -2.14. The van der Waals surface area contributed by atoms with Gasteiger partial charge in [0.25, 0.3) is 7.85 Å². The Morgan fingerprint density at radius 3 is 2.83 bits per heavy atom. The molecular formula is C11H15B2NO4. The first-order valence-corrected chi connectivity index (χ1v) is 5.95. The maximum absolute atomic E-state index is 12.1. The highest BCUT2D eigenvalue weighted by Gasteiger charge is 2.34. The number of fused-ring (bicyclic) bond motifs is 1. The van der Waals surface area contributed by atoms with Gasteiger partial charge in [-0.15, -0.1) is 0 Å². The topological polar surface area (TPSA) is 67.8 Å². The number of aliphatic hydroxyl groups is 1. The van der Waals surface area contributed by atoms with Crippen molar-refractivity contribution in [2.45, 2.75) is 18.8 Å². The number of nitrogens with one attached hydrogen (secondary N) is 1. The van der Waals surface area contributed by atoms with Gasteiger partial charge in [-0.2, -0.15) is 0 Å². The fraction of sp³-hybridized carbons (Fsp3) is 0.364. The Balaban J connectivity index is 2.21. The van der Waals surface area contributed by atoms with E-state index in [0.29, 0.717) is 17.1 Å². The van der Waals surface area contributed by atoms with E-state index < -0.39 is 5.87 Å². The standard InChI is InChI=1S/C11H15B2NO4/c1-6(14-5-12)10(15)7-2-3-8-9(4-7)18-11(13,16)17-8/h2-4,6,14,16H,5,12-13H2,1H3/t6-,11?/m0/s1. The second-order valence-corrected chi connectivity index (χ2v) is 4.41. The van der Waals surface area contributed by atoms with Crippen molar-refractivity contribution in [2.24, 2.45) is 0 Å². The van der Waals surface area contributed by atoms with Crippen LogP contribution in [0, 0.1) is 0 Å². The van der Waals surface area contributed by atoms with Crippen LogP contribution in [0.4, 0.5) is 0 Å². The summed E-state index contributed by atoms with van der Waals surface area (Å²) < 4.78 is 10.3. The number of carbonyl (C=O) groups excluding carboxylic acids is 1. The van der Waals surface area contributed by atoms with Gasteiger partial charge in [0.2, 0.25) is 0 Å². The molecular weight excluding hydrogens is 232 g/mol. The number of rotatable bonds is 4. The van der Waals surface area contributed by atoms with Crippen LogP contribution in [-0.2, 0) is 0 Å². The lowest BCUT2D eigenvalue weighted by molar-refractivity contribution is -0.178. The molecule has 2 rings (SSSR count). The minimum absolute atomic E-state index is 0.0187. The first-order chi connectivity index (χ1) is 8.43. The minimum Gasteiger partial charge on any atom is -0.435 e. The average Bonchev–Trinajstić information content (AvgIpc) is 2.60. The summed E-state index contributed by atoms with van der Waals surface area (Å²) in [6, 6.07) is 4.63. The normalized spacial score (nSPS) is 22.8. The van der Waals surface area contributed by atoms with Gasteiger partial charge in [-0.05, 0) is 31.6 Å². The van der Waals surface area contributed by atoms with Crippen molar-refractivity contribution < 1.29 is 19.4 Å². The number of hydrogen-bond acceptors (Lipinski definition) is 5. The van der Waals surface area contributed by atoms with Gasteiger partial charge in [-0.1, -0.05) is 0 Å².